The van der Waals surface area contributed by atoms with Gasteiger partial charge in [-0.15, -0.1) is 11.3 Å². The van der Waals surface area contributed by atoms with Crippen LogP contribution in [0.5, 0.6) is 0 Å². The van der Waals surface area contributed by atoms with Gasteiger partial charge in [0.2, 0.25) is 0 Å². The van der Waals surface area contributed by atoms with E-state index >= 15 is 0 Å². The van der Waals surface area contributed by atoms with Crippen molar-refractivity contribution in [3.8, 4) is 11.1 Å². The average Bonchev–Trinajstić information content (AvgIpc) is 3.17. The summed E-state index contributed by atoms with van der Waals surface area (Å²) < 4.78 is 10.2. The third kappa shape index (κ3) is 5.55. The molecule has 0 spiro atoms. The number of benzene rings is 2. The molecule has 2 aromatic carbocycles. The maximum Gasteiger partial charge on any atom is 0.341 e. The van der Waals surface area contributed by atoms with Crippen LogP contribution in [-0.4, -0.2) is 31.1 Å². The van der Waals surface area contributed by atoms with Gasteiger partial charge in [0.15, 0.2) is 6.61 Å². The number of carbonyl (C=O) groups is 3. The maximum absolute atomic E-state index is 12.5. The van der Waals surface area contributed by atoms with Gasteiger partial charge in [-0.1, -0.05) is 60.7 Å². The van der Waals surface area contributed by atoms with Crippen molar-refractivity contribution < 1.29 is 23.9 Å². The minimum atomic E-state index is -0.525. The Morgan fingerprint density at radius 3 is 2.27 bits per heavy atom. The summed E-state index contributed by atoms with van der Waals surface area (Å²) in [5.74, 6) is -1.55. The molecule has 0 aliphatic carbocycles. The SMILES string of the molecule is CCOC(=O)c1c(-c2ccccc2)csc1NC(=O)COC(=O)Cc1ccccc1. The third-order valence-electron chi connectivity index (χ3n) is 4.16. The Kier molecular flexibility index (Phi) is 7.34. The number of thiophene rings is 1. The second-order valence-corrected chi connectivity index (χ2v) is 7.19. The Labute approximate surface area is 178 Å². The Morgan fingerprint density at radius 2 is 1.60 bits per heavy atom. The van der Waals surface area contributed by atoms with Crippen molar-refractivity contribution >= 4 is 34.2 Å². The molecule has 1 aromatic heterocycles. The van der Waals surface area contributed by atoms with Gasteiger partial charge >= 0.3 is 11.9 Å². The zero-order chi connectivity index (χ0) is 21.3. The quantitative estimate of drug-likeness (QED) is 0.546. The standard InChI is InChI=1S/C23H21NO5S/c1-2-28-23(27)21-18(17-11-7-4-8-12-17)15-30-22(21)24-19(25)14-29-20(26)13-16-9-5-3-6-10-16/h3-12,15H,2,13-14H2,1H3,(H,24,25). The van der Waals surface area contributed by atoms with Crippen molar-refractivity contribution in [2.45, 2.75) is 13.3 Å². The van der Waals surface area contributed by atoms with E-state index in [-0.39, 0.29) is 18.6 Å². The summed E-state index contributed by atoms with van der Waals surface area (Å²) in [6, 6.07) is 18.5. The Morgan fingerprint density at radius 1 is 0.933 bits per heavy atom. The minimum Gasteiger partial charge on any atom is -0.462 e. The summed E-state index contributed by atoms with van der Waals surface area (Å²) in [6.45, 7) is 1.50. The first-order valence-corrected chi connectivity index (χ1v) is 10.3. The van der Waals surface area contributed by atoms with Crippen molar-refractivity contribution in [1.29, 1.82) is 0 Å². The molecule has 0 saturated carbocycles. The molecule has 0 aliphatic rings. The Hall–Kier alpha value is -3.45. The molecule has 0 radical (unpaired) electrons. The summed E-state index contributed by atoms with van der Waals surface area (Å²) >= 11 is 1.22. The number of anilines is 1. The molecule has 3 aromatic rings. The predicted octanol–water partition coefficient (Wildman–Crippen LogP) is 4.32. The highest BCUT2D eigenvalue weighted by Crippen LogP contribution is 2.36. The molecule has 0 saturated heterocycles. The van der Waals surface area contributed by atoms with E-state index in [1.54, 1.807) is 12.3 Å². The van der Waals surface area contributed by atoms with E-state index in [4.69, 9.17) is 9.47 Å². The first kappa shape index (κ1) is 21.3. The van der Waals surface area contributed by atoms with Gasteiger partial charge in [-0.2, -0.15) is 0 Å². The van der Waals surface area contributed by atoms with Gasteiger partial charge in [0.25, 0.3) is 5.91 Å². The van der Waals surface area contributed by atoms with Crippen LogP contribution in [0, 0.1) is 0 Å². The number of carbonyl (C=O) groups excluding carboxylic acids is 3. The fourth-order valence-electron chi connectivity index (χ4n) is 2.81. The number of nitrogens with one attached hydrogen (secondary N) is 1. The van der Waals surface area contributed by atoms with Gasteiger partial charge in [-0.05, 0) is 18.1 Å². The summed E-state index contributed by atoms with van der Waals surface area (Å²) in [7, 11) is 0. The van der Waals surface area contributed by atoms with E-state index in [0.717, 1.165) is 11.1 Å². The summed E-state index contributed by atoms with van der Waals surface area (Å²) in [6.07, 6.45) is 0.0827. The normalized spacial score (nSPS) is 10.3. The third-order valence-corrected chi connectivity index (χ3v) is 5.06. The molecule has 0 atom stereocenters. The lowest BCUT2D eigenvalue weighted by molar-refractivity contribution is -0.146. The summed E-state index contributed by atoms with van der Waals surface area (Å²) in [4.78, 5) is 36.8. The number of amides is 1. The van der Waals surface area contributed by atoms with Crippen molar-refractivity contribution in [1.82, 2.24) is 0 Å². The van der Waals surface area contributed by atoms with Crippen LogP contribution < -0.4 is 5.32 Å². The molecule has 154 valence electrons. The van der Waals surface area contributed by atoms with Crippen LogP contribution in [0.3, 0.4) is 0 Å². The maximum atomic E-state index is 12.5. The highest BCUT2D eigenvalue weighted by atomic mass is 32.1. The van der Waals surface area contributed by atoms with E-state index in [9.17, 15) is 14.4 Å². The minimum absolute atomic E-state index is 0.0827. The van der Waals surface area contributed by atoms with Gasteiger partial charge in [-0.3, -0.25) is 9.59 Å². The molecule has 6 nitrogen and oxygen atoms in total. The molecule has 0 bridgehead atoms. The van der Waals surface area contributed by atoms with Gasteiger partial charge in [0, 0.05) is 10.9 Å². The van der Waals surface area contributed by atoms with E-state index in [0.29, 0.717) is 10.6 Å². The molecule has 1 N–H and O–H groups in total. The lowest BCUT2D eigenvalue weighted by Crippen LogP contribution is -2.22. The highest BCUT2D eigenvalue weighted by Gasteiger charge is 2.23. The van der Waals surface area contributed by atoms with E-state index < -0.39 is 24.5 Å². The molecule has 30 heavy (non-hydrogen) atoms. The van der Waals surface area contributed by atoms with Crippen LogP contribution in [0.2, 0.25) is 0 Å². The molecule has 7 heteroatoms. The average molecular weight is 423 g/mol. The van der Waals surface area contributed by atoms with Crippen LogP contribution in [0.1, 0.15) is 22.8 Å². The molecular weight excluding hydrogens is 402 g/mol. The smallest absolute Gasteiger partial charge is 0.341 e. The number of rotatable bonds is 8. The van der Waals surface area contributed by atoms with Crippen LogP contribution in [0.4, 0.5) is 5.00 Å². The first-order valence-electron chi connectivity index (χ1n) is 9.42. The van der Waals surface area contributed by atoms with Crippen molar-refractivity contribution in [2.75, 3.05) is 18.5 Å². The van der Waals surface area contributed by atoms with Gasteiger partial charge in [0.1, 0.15) is 10.6 Å². The number of ether oxygens (including phenoxy) is 2. The van der Waals surface area contributed by atoms with Crippen LogP contribution in [-0.2, 0) is 25.5 Å². The fraction of sp³-hybridized carbons (Fsp3) is 0.174. The van der Waals surface area contributed by atoms with Gasteiger partial charge in [0.05, 0.1) is 13.0 Å². The zero-order valence-electron chi connectivity index (χ0n) is 16.4. The number of hydrogen-bond acceptors (Lipinski definition) is 6. The van der Waals surface area contributed by atoms with Gasteiger partial charge in [-0.25, -0.2) is 4.79 Å². The lowest BCUT2D eigenvalue weighted by atomic mass is 10.0. The molecular formula is C23H21NO5S. The molecule has 0 aliphatic heterocycles. The van der Waals surface area contributed by atoms with Crippen LogP contribution in [0.15, 0.2) is 66.0 Å². The molecule has 1 amide bonds. The Bertz CT molecular complexity index is 1010. The van der Waals surface area contributed by atoms with Crippen LogP contribution >= 0.6 is 11.3 Å². The molecule has 0 fully saturated rings. The molecule has 1 heterocycles. The van der Waals surface area contributed by atoms with Crippen molar-refractivity contribution in [2.24, 2.45) is 0 Å². The summed E-state index contributed by atoms with van der Waals surface area (Å²) in [5, 5.41) is 4.81. The van der Waals surface area contributed by atoms with E-state index in [2.05, 4.69) is 5.32 Å². The topological polar surface area (TPSA) is 81.7 Å². The highest BCUT2D eigenvalue weighted by molar-refractivity contribution is 7.15. The molecule has 3 rings (SSSR count). The number of esters is 2. The van der Waals surface area contributed by atoms with Crippen molar-refractivity contribution in [3.63, 3.8) is 0 Å². The van der Waals surface area contributed by atoms with Crippen molar-refractivity contribution in [3.05, 3.63) is 77.2 Å². The fourth-order valence-corrected chi connectivity index (χ4v) is 3.78. The second-order valence-electron chi connectivity index (χ2n) is 6.31. The molecule has 0 unspecified atom stereocenters. The number of hydrogen-bond donors (Lipinski definition) is 1. The summed E-state index contributed by atoms with van der Waals surface area (Å²) in [5.41, 5.74) is 2.61. The van der Waals surface area contributed by atoms with E-state index in [1.807, 2.05) is 60.7 Å². The largest absolute Gasteiger partial charge is 0.462 e. The second kappa shape index (κ2) is 10.4. The van der Waals surface area contributed by atoms with Gasteiger partial charge < -0.3 is 14.8 Å². The first-order chi connectivity index (χ1) is 14.6. The zero-order valence-corrected chi connectivity index (χ0v) is 17.2. The van der Waals surface area contributed by atoms with Crippen LogP contribution in [0.25, 0.3) is 11.1 Å². The lowest BCUT2D eigenvalue weighted by Gasteiger charge is -2.09. The van der Waals surface area contributed by atoms with E-state index in [1.165, 1.54) is 11.3 Å². The monoisotopic (exact) mass is 423 g/mol. The Balaban J connectivity index is 1.68. The predicted molar refractivity (Wildman–Crippen MR) is 115 cm³/mol.